The Labute approximate surface area is 151 Å². The average Bonchev–Trinajstić information content (AvgIpc) is 2.98. The Hall–Kier alpha value is -2.44. The number of anilines is 1. The molecule has 0 bridgehead atoms. The van der Waals surface area contributed by atoms with Gasteiger partial charge in [-0.15, -0.1) is 5.10 Å². The van der Waals surface area contributed by atoms with Gasteiger partial charge in [0.1, 0.15) is 17.3 Å². The van der Waals surface area contributed by atoms with Gasteiger partial charge < -0.3 is 9.64 Å². The highest BCUT2D eigenvalue weighted by atomic mass is 19.1. The zero-order valence-corrected chi connectivity index (χ0v) is 15.3. The first kappa shape index (κ1) is 17.0. The van der Waals surface area contributed by atoms with Gasteiger partial charge in [-0.1, -0.05) is 5.21 Å². The maximum Gasteiger partial charge on any atom is 0.224 e. The summed E-state index contributed by atoms with van der Waals surface area (Å²) < 4.78 is 23.0. The second-order valence-corrected chi connectivity index (χ2v) is 7.29. The highest BCUT2D eigenvalue weighted by Gasteiger charge is 2.34. The summed E-state index contributed by atoms with van der Waals surface area (Å²) in [4.78, 5) is 13.7. The van der Waals surface area contributed by atoms with E-state index in [0.29, 0.717) is 29.1 Å². The Kier molecular flexibility index (Phi) is 4.17. The maximum absolute atomic E-state index is 15.1. The van der Waals surface area contributed by atoms with Gasteiger partial charge in [0, 0.05) is 31.1 Å². The molecule has 0 radical (unpaired) electrons. The summed E-state index contributed by atoms with van der Waals surface area (Å²) in [6.45, 7) is 3.43. The van der Waals surface area contributed by atoms with E-state index >= 15 is 4.39 Å². The number of ether oxygens (including phenoxy) is 1. The smallest absolute Gasteiger partial charge is 0.224 e. The number of hydrogen-bond acceptors (Lipinski definition) is 4. The third-order valence-corrected chi connectivity index (χ3v) is 5.35. The van der Waals surface area contributed by atoms with Crippen molar-refractivity contribution < 1.29 is 13.9 Å². The monoisotopic (exact) mass is 358 g/mol. The summed E-state index contributed by atoms with van der Waals surface area (Å²) in [6, 6.07) is 1.40. The minimum absolute atomic E-state index is 0.0339. The Balaban J connectivity index is 1.91. The molecule has 2 heterocycles. The summed E-state index contributed by atoms with van der Waals surface area (Å²) in [5.74, 6) is 0.0901. The second-order valence-electron chi connectivity index (χ2n) is 7.29. The first-order valence-electron chi connectivity index (χ1n) is 9.14. The van der Waals surface area contributed by atoms with E-state index in [1.54, 1.807) is 22.8 Å². The summed E-state index contributed by atoms with van der Waals surface area (Å²) >= 11 is 0. The summed E-state index contributed by atoms with van der Waals surface area (Å²) in [7, 11) is 1.77. The third-order valence-electron chi connectivity index (χ3n) is 5.35. The summed E-state index contributed by atoms with van der Waals surface area (Å²) in [5, 5.41) is 8.11. The number of aromatic nitrogens is 3. The summed E-state index contributed by atoms with van der Waals surface area (Å²) in [6.07, 6.45) is 6.49. The van der Waals surface area contributed by atoms with Gasteiger partial charge in [0.25, 0.3) is 0 Å². The minimum atomic E-state index is -0.414. The number of benzene rings is 1. The molecule has 0 spiro atoms. The lowest BCUT2D eigenvalue weighted by atomic mass is 9.91. The molecule has 7 heteroatoms. The number of amides is 1. The number of hydrogen-bond donors (Lipinski definition) is 0. The molecule has 2 aliphatic rings. The molecule has 0 N–H and O–H groups in total. The third kappa shape index (κ3) is 2.75. The van der Waals surface area contributed by atoms with E-state index in [1.807, 2.05) is 6.92 Å². The number of nitrogens with zero attached hydrogens (tertiary/aromatic N) is 4. The predicted octanol–water partition coefficient (Wildman–Crippen LogP) is 3.24. The molecule has 1 atom stereocenters. The number of aryl methyl sites for hydroxylation is 1. The van der Waals surface area contributed by atoms with Gasteiger partial charge in [0.2, 0.25) is 5.91 Å². The second kappa shape index (κ2) is 6.37. The SMILES string of the molecule is CC(=O)N1c2c(F)cc(-c3cn(C)nn3)c(OC3CCC3)c2CC[C@@H]1C. The van der Waals surface area contributed by atoms with Crippen molar-refractivity contribution in [2.75, 3.05) is 4.90 Å². The molecule has 1 aromatic heterocycles. The van der Waals surface area contributed by atoms with E-state index in [2.05, 4.69) is 10.3 Å². The Bertz CT molecular complexity index is 859. The van der Waals surface area contributed by atoms with E-state index in [-0.39, 0.29) is 18.1 Å². The highest BCUT2D eigenvalue weighted by molar-refractivity contribution is 5.95. The van der Waals surface area contributed by atoms with E-state index in [9.17, 15) is 4.79 Å². The Morgan fingerprint density at radius 2 is 2.12 bits per heavy atom. The number of carbonyl (C=O) groups excluding carboxylic acids is 1. The van der Waals surface area contributed by atoms with E-state index in [0.717, 1.165) is 31.2 Å². The normalized spacial score (nSPS) is 19.8. The lowest BCUT2D eigenvalue weighted by Gasteiger charge is -2.37. The van der Waals surface area contributed by atoms with Crippen LogP contribution < -0.4 is 9.64 Å². The zero-order valence-electron chi connectivity index (χ0n) is 15.3. The van der Waals surface area contributed by atoms with Crippen molar-refractivity contribution in [3.63, 3.8) is 0 Å². The standard InChI is InChI=1S/C19H23FN4O2/c1-11-7-8-14-18(24(11)12(2)25)16(20)9-15(17-10-23(3)22-21-17)19(14)26-13-5-4-6-13/h9-11,13H,4-8H2,1-3H3/t11-/m0/s1. The van der Waals surface area contributed by atoms with Crippen LogP contribution >= 0.6 is 0 Å². The van der Waals surface area contributed by atoms with Crippen molar-refractivity contribution in [3.05, 3.63) is 23.6 Å². The molecule has 1 aliphatic carbocycles. The van der Waals surface area contributed by atoms with E-state index in [4.69, 9.17) is 4.74 Å². The van der Waals surface area contributed by atoms with Crippen LogP contribution in [0.25, 0.3) is 11.3 Å². The van der Waals surface area contributed by atoms with Crippen LogP contribution in [0.2, 0.25) is 0 Å². The van der Waals surface area contributed by atoms with Crippen LogP contribution in [0, 0.1) is 5.82 Å². The molecule has 138 valence electrons. The first-order chi connectivity index (χ1) is 12.5. The molecule has 1 amide bonds. The largest absolute Gasteiger partial charge is 0.489 e. The van der Waals surface area contributed by atoms with Gasteiger partial charge in [-0.05, 0) is 45.1 Å². The molecule has 26 heavy (non-hydrogen) atoms. The maximum atomic E-state index is 15.1. The predicted molar refractivity (Wildman–Crippen MR) is 95.6 cm³/mol. The zero-order chi connectivity index (χ0) is 18.4. The van der Waals surface area contributed by atoms with E-state index < -0.39 is 5.82 Å². The molecular weight excluding hydrogens is 335 g/mol. The van der Waals surface area contributed by atoms with Crippen LogP contribution in [0.15, 0.2) is 12.3 Å². The van der Waals surface area contributed by atoms with Crippen molar-refractivity contribution in [2.24, 2.45) is 7.05 Å². The number of rotatable bonds is 3. The fraction of sp³-hybridized carbons (Fsp3) is 0.526. The fourth-order valence-electron chi connectivity index (χ4n) is 3.79. The minimum Gasteiger partial charge on any atom is -0.489 e. The van der Waals surface area contributed by atoms with Crippen LogP contribution in [0.4, 0.5) is 10.1 Å². The van der Waals surface area contributed by atoms with Gasteiger partial charge in [-0.2, -0.15) is 0 Å². The van der Waals surface area contributed by atoms with Gasteiger partial charge in [0.05, 0.1) is 18.0 Å². The first-order valence-corrected chi connectivity index (χ1v) is 9.14. The van der Waals surface area contributed by atoms with Crippen molar-refractivity contribution >= 4 is 11.6 Å². The van der Waals surface area contributed by atoms with Crippen LogP contribution in [-0.4, -0.2) is 33.0 Å². The molecule has 0 unspecified atom stereocenters. The number of carbonyl (C=O) groups is 1. The average molecular weight is 358 g/mol. The molecule has 1 fully saturated rings. The highest BCUT2D eigenvalue weighted by Crippen LogP contribution is 2.45. The molecule has 2 aromatic rings. The summed E-state index contributed by atoms with van der Waals surface area (Å²) in [5.41, 5.74) is 2.32. The number of fused-ring (bicyclic) bond motifs is 1. The molecule has 0 saturated heterocycles. The fourth-order valence-corrected chi connectivity index (χ4v) is 3.79. The van der Waals surface area contributed by atoms with Gasteiger partial charge >= 0.3 is 0 Å². The van der Waals surface area contributed by atoms with Crippen LogP contribution in [0.5, 0.6) is 5.75 Å². The Morgan fingerprint density at radius 3 is 2.69 bits per heavy atom. The van der Waals surface area contributed by atoms with Gasteiger partial charge in [0.15, 0.2) is 0 Å². The van der Waals surface area contributed by atoms with E-state index in [1.165, 1.54) is 13.0 Å². The molecular formula is C19H23FN4O2. The van der Waals surface area contributed by atoms with Crippen molar-refractivity contribution in [3.8, 4) is 17.0 Å². The molecule has 4 rings (SSSR count). The lowest BCUT2D eigenvalue weighted by molar-refractivity contribution is -0.117. The molecule has 1 aliphatic heterocycles. The van der Waals surface area contributed by atoms with Crippen LogP contribution in [0.3, 0.4) is 0 Å². The molecule has 1 saturated carbocycles. The lowest BCUT2D eigenvalue weighted by Crippen LogP contribution is -2.41. The quantitative estimate of drug-likeness (QED) is 0.845. The molecule has 1 aromatic carbocycles. The van der Waals surface area contributed by atoms with Gasteiger partial charge in [-0.25, -0.2) is 4.39 Å². The van der Waals surface area contributed by atoms with Crippen LogP contribution in [-0.2, 0) is 18.3 Å². The van der Waals surface area contributed by atoms with Crippen molar-refractivity contribution in [2.45, 2.75) is 58.1 Å². The van der Waals surface area contributed by atoms with Gasteiger partial charge in [-0.3, -0.25) is 9.48 Å². The Morgan fingerprint density at radius 1 is 1.35 bits per heavy atom. The number of halogens is 1. The topological polar surface area (TPSA) is 60.2 Å². The molecule has 6 nitrogen and oxygen atoms in total. The van der Waals surface area contributed by atoms with Crippen LogP contribution in [0.1, 0.15) is 45.1 Å². The van der Waals surface area contributed by atoms with Crippen molar-refractivity contribution in [1.82, 2.24) is 15.0 Å². The van der Waals surface area contributed by atoms with Crippen molar-refractivity contribution in [1.29, 1.82) is 0 Å².